The van der Waals surface area contributed by atoms with Gasteiger partial charge in [-0.3, -0.25) is 4.79 Å². The molecule has 9 heteroatoms. The summed E-state index contributed by atoms with van der Waals surface area (Å²) in [6.07, 6.45) is 3.61. The van der Waals surface area contributed by atoms with Gasteiger partial charge in [-0.05, 0) is 20.3 Å². The van der Waals surface area contributed by atoms with E-state index in [1.165, 1.54) is 12.7 Å². The van der Waals surface area contributed by atoms with Gasteiger partial charge in [0.05, 0.1) is 31.1 Å². The number of hydrogen-bond donors (Lipinski definition) is 1. The van der Waals surface area contributed by atoms with Gasteiger partial charge < -0.3 is 23.9 Å². The van der Waals surface area contributed by atoms with Gasteiger partial charge in [0.25, 0.3) is 0 Å². The van der Waals surface area contributed by atoms with E-state index in [2.05, 4.69) is 20.7 Å². The van der Waals surface area contributed by atoms with Crippen LogP contribution in [0.4, 0.5) is 0 Å². The van der Waals surface area contributed by atoms with Crippen molar-refractivity contribution in [3.8, 4) is 0 Å². The van der Waals surface area contributed by atoms with Crippen LogP contribution in [0.25, 0.3) is 0 Å². The van der Waals surface area contributed by atoms with Crippen molar-refractivity contribution in [3.63, 3.8) is 0 Å². The van der Waals surface area contributed by atoms with Crippen molar-refractivity contribution >= 4 is 5.91 Å². The van der Waals surface area contributed by atoms with Crippen molar-refractivity contribution in [2.75, 3.05) is 13.2 Å². The van der Waals surface area contributed by atoms with E-state index in [-0.39, 0.29) is 24.6 Å². The Morgan fingerprint density at radius 2 is 2.21 bits per heavy atom. The Morgan fingerprint density at radius 3 is 2.92 bits per heavy atom. The molecule has 1 aliphatic heterocycles. The average molecular weight is 335 g/mol. The van der Waals surface area contributed by atoms with Gasteiger partial charge in [-0.2, -0.15) is 0 Å². The normalized spacial score (nSPS) is 20.9. The molecule has 0 aromatic carbocycles. The van der Waals surface area contributed by atoms with E-state index in [0.29, 0.717) is 19.8 Å². The molecule has 1 saturated heterocycles. The summed E-state index contributed by atoms with van der Waals surface area (Å²) in [6, 6.07) is -0.191. The van der Waals surface area contributed by atoms with Gasteiger partial charge in [-0.25, -0.2) is 0 Å². The minimum atomic E-state index is -0.191. The Morgan fingerprint density at radius 1 is 1.42 bits per heavy atom. The second-order valence-corrected chi connectivity index (χ2v) is 5.82. The number of carbonyl (C=O) groups excluding carboxylic acids is 1. The van der Waals surface area contributed by atoms with Gasteiger partial charge in [0.15, 0.2) is 0 Å². The van der Waals surface area contributed by atoms with Crippen LogP contribution in [0.15, 0.2) is 17.2 Å². The highest BCUT2D eigenvalue weighted by atomic mass is 16.5. The molecule has 9 nitrogen and oxygen atoms in total. The summed E-state index contributed by atoms with van der Waals surface area (Å²) in [5.74, 6) is 0.629. The predicted octanol–water partition coefficient (Wildman–Crippen LogP) is 0.373. The summed E-state index contributed by atoms with van der Waals surface area (Å²) in [5, 5.41) is 14.2. The van der Waals surface area contributed by atoms with Crippen LogP contribution in [-0.2, 0) is 27.4 Å². The molecule has 0 saturated carbocycles. The summed E-state index contributed by atoms with van der Waals surface area (Å²) < 4.78 is 18.2. The van der Waals surface area contributed by atoms with E-state index in [1.807, 2.05) is 13.8 Å². The van der Waals surface area contributed by atoms with Crippen LogP contribution in [0.1, 0.15) is 23.4 Å². The smallest absolute Gasteiger partial charge is 0.240 e. The van der Waals surface area contributed by atoms with Crippen LogP contribution in [0.5, 0.6) is 0 Å². The first-order valence-electron chi connectivity index (χ1n) is 7.86. The number of hydrogen-bond acceptors (Lipinski definition) is 7. The summed E-state index contributed by atoms with van der Waals surface area (Å²) >= 11 is 0. The molecule has 24 heavy (non-hydrogen) atoms. The lowest BCUT2D eigenvalue weighted by Crippen LogP contribution is -2.51. The SMILES string of the molecule is Cc1noc(C)c1CO[C@H]1CCOC[C@H]1NC(=O)Cn1cnnc1. The maximum atomic E-state index is 12.1. The Bertz CT molecular complexity index is 650. The number of rotatable bonds is 6. The topological polar surface area (TPSA) is 104 Å². The molecule has 1 aliphatic rings. The molecule has 1 N–H and O–H groups in total. The second-order valence-electron chi connectivity index (χ2n) is 5.82. The molecule has 0 spiro atoms. The maximum Gasteiger partial charge on any atom is 0.240 e. The van der Waals surface area contributed by atoms with Gasteiger partial charge in [0.1, 0.15) is 25.0 Å². The minimum Gasteiger partial charge on any atom is -0.379 e. The van der Waals surface area contributed by atoms with E-state index in [9.17, 15) is 4.79 Å². The van der Waals surface area contributed by atoms with Gasteiger partial charge >= 0.3 is 0 Å². The van der Waals surface area contributed by atoms with Gasteiger partial charge in [-0.1, -0.05) is 5.16 Å². The van der Waals surface area contributed by atoms with Crippen LogP contribution in [0.2, 0.25) is 0 Å². The number of aromatic nitrogens is 4. The highest BCUT2D eigenvalue weighted by molar-refractivity contribution is 5.76. The molecule has 1 fully saturated rings. The van der Waals surface area contributed by atoms with Crippen LogP contribution < -0.4 is 5.32 Å². The first kappa shape index (κ1) is 16.6. The van der Waals surface area contributed by atoms with Crippen molar-refractivity contribution in [2.45, 2.75) is 45.6 Å². The van der Waals surface area contributed by atoms with Crippen molar-refractivity contribution in [1.82, 2.24) is 25.2 Å². The number of nitrogens with zero attached hydrogens (tertiary/aromatic N) is 4. The van der Waals surface area contributed by atoms with Crippen molar-refractivity contribution in [2.24, 2.45) is 0 Å². The fourth-order valence-electron chi connectivity index (χ4n) is 2.67. The van der Waals surface area contributed by atoms with Gasteiger partial charge in [0.2, 0.25) is 5.91 Å². The standard InChI is InChI=1S/C15H21N5O4/c1-10-12(11(2)24-19-10)6-23-14-3-4-22-7-13(14)18-15(21)5-20-8-16-17-9-20/h8-9,13-14H,3-7H2,1-2H3,(H,18,21)/t13-,14+/m1/s1. The van der Waals surface area contributed by atoms with E-state index in [1.54, 1.807) is 4.57 Å². The van der Waals surface area contributed by atoms with Crippen LogP contribution in [0, 0.1) is 13.8 Å². The molecule has 0 bridgehead atoms. The Kier molecular flexibility index (Phi) is 5.21. The zero-order chi connectivity index (χ0) is 16.9. The Labute approximate surface area is 139 Å². The lowest BCUT2D eigenvalue weighted by molar-refractivity contribution is -0.127. The van der Waals surface area contributed by atoms with Crippen molar-refractivity contribution in [3.05, 3.63) is 29.7 Å². The lowest BCUT2D eigenvalue weighted by Gasteiger charge is -2.32. The van der Waals surface area contributed by atoms with Crippen LogP contribution in [0.3, 0.4) is 0 Å². The summed E-state index contributed by atoms with van der Waals surface area (Å²) in [7, 11) is 0. The molecule has 130 valence electrons. The first-order valence-corrected chi connectivity index (χ1v) is 7.86. The largest absolute Gasteiger partial charge is 0.379 e. The lowest BCUT2D eigenvalue weighted by atomic mass is 10.1. The van der Waals surface area contributed by atoms with Gasteiger partial charge in [0, 0.05) is 12.2 Å². The van der Waals surface area contributed by atoms with E-state index < -0.39 is 0 Å². The second kappa shape index (κ2) is 7.54. The number of carbonyl (C=O) groups is 1. The number of nitrogens with one attached hydrogen (secondary N) is 1. The maximum absolute atomic E-state index is 12.1. The monoisotopic (exact) mass is 335 g/mol. The molecule has 3 rings (SSSR count). The molecule has 2 atom stereocenters. The molecule has 1 amide bonds. The Hall–Kier alpha value is -2.26. The molecular formula is C15H21N5O4. The third kappa shape index (κ3) is 3.98. The van der Waals surface area contributed by atoms with Crippen LogP contribution in [-0.4, -0.2) is 51.2 Å². The van der Waals surface area contributed by atoms with E-state index >= 15 is 0 Å². The molecule has 2 aromatic heterocycles. The van der Waals surface area contributed by atoms with Crippen molar-refractivity contribution < 1.29 is 18.8 Å². The zero-order valence-electron chi connectivity index (χ0n) is 13.8. The third-order valence-corrected chi connectivity index (χ3v) is 4.06. The first-order chi connectivity index (χ1) is 11.6. The number of ether oxygens (including phenoxy) is 2. The Balaban J connectivity index is 1.56. The molecule has 0 aliphatic carbocycles. The fourth-order valence-corrected chi connectivity index (χ4v) is 2.67. The van der Waals surface area contributed by atoms with Crippen molar-refractivity contribution in [1.29, 1.82) is 0 Å². The predicted molar refractivity (Wildman–Crippen MR) is 81.9 cm³/mol. The molecule has 0 radical (unpaired) electrons. The van der Waals surface area contributed by atoms with E-state index in [0.717, 1.165) is 23.4 Å². The highest BCUT2D eigenvalue weighted by Gasteiger charge is 2.28. The molecule has 3 heterocycles. The average Bonchev–Trinajstić information content (AvgIpc) is 3.17. The van der Waals surface area contributed by atoms with Crippen LogP contribution >= 0.6 is 0 Å². The minimum absolute atomic E-state index is 0.114. The summed E-state index contributed by atoms with van der Waals surface area (Å²) in [5.41, 5.74) is 1.78. The fraction of sp³-hybridized carbons (Fsp3) is 0.600. The molecule has 2 aromatic rings. The highest BCUT2D eigenvalue weighted by Crippen LogP contribution is 2.18. The quantitative estimate of drug-likeness (QED) is 0.813. The van der Waals surface area contributed by atoms with E-state index in [4.69, 9.17) is 14.0 Å². The number of aryl methyl sites for hydroxylation is 2. The summed E-state index contributed by atoms with van der Waals surface area (Å²) in [4.78, 5) is 12.1. The zero-order valence-corrected chi connectivity index (χ0v) is 13.8. The third-order valence-electron chi connectivity index (χ3n) is 4.06. The molecule has 0 unspecified atom stereocenters. The number of amides is 1. The summed E-state index contributed by atoms with van der Waals surface area (Å²) in [6.45, 7) is 5.37. The van der Waals surface area contributed by atoms with Gasteiger partial charge in [-0.15, -0.1) is 10.2 Å². The molecular weight excluding hydrogens is 314 g/mol.